The lowest BCUT2D eigenvalue weighted by Crippen LogP contribution is -2.11. The van der Waals surface area contributed by atoms with E-state index in [1.807, 2.05) is 6.07 Å². The van der Waals surface area contributed by atoms with Crippen molar-refractivity contribution in [2.75, 3.05) is 10.7 Å². The summed E-state index contributed by atoms with van der Waals surface area (Å²) in [4.78, 5) is 10.6. The minimum Gasteiger partial charge on any atom is -0.375 e. The Morgan fingerprint density at radius 3 is 2.43 bits per heavy atom. The second-order valence-corrected chi connectivity index (χ2v) is 4.27. The molecule has 0 saturated carbocycles. The topological polar surface area (TPSA) is 117 Å². The fraction of sp³-hybridized carbons (Fsp3) is 0.0714. The normalized spacial score (nSPS) is 9.71. The molecule has 0 fully saturated rings. The first kappa shape index (κ1) is 14.3. The van der Waals surface area contributed by atoms with Crippen molar-refractivity contribution in [3.63, 3.8) is 0 Å². The van der Waals surface area contributed by atoms with Crippen molar-refractivity contribution in [1.29, 1.82) is 5.26 Å². The standard InChI is InChI=1S/C14H13N5O2/c15-8-10-4-6-11(7-5-10)9-17-12-2-1-3-13(18-16)14(12)19(20)21/h1-7,17-18H,9,16H2. The number of hydrogen-bond donors (Lipinski definition) is 3. The molecule has 0 radical (unpaired) electrons. The molecule has 0 saturated heterocycles. The molecule has 21 heavy (non-hydrogen) atoms. The number of benzene rings is 2. The van der Waals surface area contributed by atoms with Gasteiger partial charge in [-0.05, 0) is 29.8 Å². The summed E-state index contributed by atoms with van der Waals surface area (Å²) in [7, 11) is 0. The Morgan fingerprint density at radius 1 is 1.19 bits per heavy atom. The van der Waals surface area contributed by atoms with Crippen molar-refractivity contribution in [2.45, 2.75) is 6.54 Å². The zero-order valence-corrected chi connectivity index (χ0v) is 11.0. The fourth-order valence-electron chi connectivity index (χ4n) is 1.89. The zero-order valence-electron chi connectivity index (χ0n) is 11.0. The van der Waals surface area contributed by atoms with E-state index in [0.29, 0.717) is 17.8 Å². The number of nitro groups is 1. The van der Waals surface area contributed by atoms with Gasteiger partial charge >= 0.3 is 5.69 Å². The van der Waals surface area contributed by atoms with E-state index in [4.69, 9.17) is 11.1 Å². The molecule has 2 rings (SSSR count). The summed E-state index contributed by atoms with van der Waals surface area (Å²) >= 11 is 0. The average molecular weight is 283 g/mol. The highest BCUT2D eigenvalue weighted by Gasteiger charge is 2.18. The lowest BCUT2D eigenvalue weighted by Gasteiger charge is -2.10. The third-order valence-electron chi connectivity index (χ3n) is 2.94. The van der Waals surface area contributed by atoms with Crippen LogP contribution >= 0.6 is 0 Å². The number of hydrogen-bond acceptors (Lipinski definition) is 6. The molecule has 0 unspecified atom stereocenters. The molecule has 106 valence electrons. The highest BCUT2D eigenvalue weighted by Crippen LogP contribution is 2.32. The summed E-state index contributed by atoms with van der Waals surface area (Å²) in [6.07, 6.45) is 0. The highest BCUT2D eigenvalue weighted by molar-refractivity contribution is 5.75. The maximum absolute atomic E-state index is 11.1. The zero-order chi connectivity index (χ0) is 15.2. The smallest absolute Gasteiger partial charge is 0.316 e. The summed E-state index contributed by atoms with van der Waals surface area (Å²) in [5.41, 5.74) is 4.31. The number of anilines is 2. The third-order valence-corrected chi connectivity index (χ3v) is 2.94. The second-order valence-electron chi connectivity index (χ2n) is 4.27. The SMILES string of the molecule is N#Cc1ccc(CNc2cccc(NN)c2[N+](=O)[O-])cc1. The van der Waals surface area contributed by atoms with Gasteiger partial charge in [-0.3, -0.25) is 16.0 Å². The van der Waals surface area contributed by atoms with Crippen molar-refractivity contribution in [3.8, 4) is 6.07 Å². The number of nitrogens with zero attached hydrogens (tertiary/aromatic N) is 2. The van der Waals surface area contributed by atoms with Crippen LogP contribution in [-0.4, -0.2) is 4.92 Å². The minimum atomic E-state index is -0.490. The Bertz CT molecular complexity index is 692. The van der Waals surface area contributed by atoms with Gasteiger partial charge < -0.3 is 10.7 Å². The van der Waals surface area contributed by atoms with Crippen molar-refractivity contribution in [3.05, 3.63) is 63.7 Å². The van der Waals surface area contributed by atoms with Gasteiger partial charge in [-0.25, -0.2) is 0 Å². The molecule has 0 aromatic heterocycles. The summed E-state index contributed by atoms with van der Waals surface area (Å²) in [6.45, 7) is 0.403. The quantitative estimate of drug-likeness (QED) is 0.440. The van der Waals surface area contributed by atoms with Crippen molar-refractivity contribution >= 4 is 17.1 Å². The Morgan fingerprint density at radius 2 is 1.86 bits per heavy atom. The Kier molecular flexibility index (Phi) is 4.33. The molecular formula is C14H13N5O2. The summed E-state index contributed by atoms with van der Waals surface area (Å²) in [5.74, 6) is 5.28. The predicted molar refractivity (Wildman–Crippen MR) is 79.4 cm³/mol. The molecular weight excluding hydrogens is 270 g/mol. The van der Waals surface area contributed by atoms with Crippen LogP contribution in [0, 0.1) is 21.4 Å². The van der Waals surface area contributed by atoms with Crippen LogP contribution in [0.3, 0.4) is 0 Å². The lowest BCUT2D eigenvalue weighted by molar-refractivity contribution is -0.383. The van der Waals surface area contributed by atoms with Gasteiger partial charge in [0.1, 0.15) is 11.4 Å². The number of nitrogens with two attached hydrogens (primary N) is 1. The first-order valence-corrected chi connectivity index (χ1v) is 6.12. The van der Waals surface area contributed by atoms with Crippen molar-refractivity contribution < 1.29 is 4.92 Å². The molecule has 0 aliphatic carbocycles. The lowest BCUT2D eigenvalue weighted by atomic mass is 10.1. The molecule has 2 aromatic carbocycles. The predicted octanol–water partition coefficient (Wildman–Crippen LogP) is 2.36. The molecule has 0 aliphatic heterocycles. The Labute approximate surface area is 121 Å². The van der Waals surface area contributed by atoms with Crippen LogP contribution in [0.2, 0.25) is 0 Å². The van der Waals surface area contributed by atoms with Gasteiger partial charge in [0.25, 0.3) is 0 Å². The van der Waals surface area contributed by atoms with Crippen LogP contribution in [0.1, 0.15) is 11.1 Å². The molecule has 0 amide bonds. The van der Waals surface area contributed by atoms with Gasteiger partial charge in [0.2, 0.25) is 0 Å². The van der Waals surface area contributed by atoms with E-state index < -0.39 is 4.92 Å². The van der Waals surface area contributed by atoms with E-state index in [1.165, 1.54) is 6.07 Å². The van der Waals surface area contributed by atoms with Gasteiger partial charge in [0.05, 0.1) is 16.6 Å². The van der Waals surface area contributed by atoms with Crippen LogP contribution in [0.4, 0.5) is 17.1 Å². The van der Waals surface area contributed by atoms with Crippen LogP contribution in [-0.2, 0) is 6.54 Å². The van der Waals surface area contributed by atoms with E-state index in [0.717, 1.165) is 5.56 Å². The second kappa shape index (κ2) is 6.36. The van der Waals surface area contributed by atoms with E-state index in [1.54, 1.807) is 36.4 Å². The van der Waals surface area contributed by atoms with Gasteiger partial charge in [-0.2, -0.15) is 5.26 Å². The van der Waals surface area contributed by atoms with Crippen molar-refractivity contribution in [2.24, 2.45) is 5.84 Å². The van der Waals surface area contributed by atoms with Crippen LogP contribution < -0.4 is 16.6 Å². The minimum absolute atomic E-state index is 0.103. The number of para-hydroxylation sites is 1. The van der Waals surface area contributed by atoms with Gasteiger partial charge in [0.15, 0.2) is 0 Å². The molecule has 0 bridgehead atoms. The molecule has 0 atom stereocenters. The molecule has 0 spiro atoms. The maximum Gasteiger partial charge on any atom is 0.316 e. The summed E-state index contributed by atoms with van der Waals surface area (Å²) < 4.78 is 0. The number of nitrogen functional groups attached to an aromatic ring is 1. The monoisotopic (exact) mass is 283 g/mol. The molecule has 7 nitrogen and oxygen atoms in total. The number of nitrogens with one attached hydrogen (secondary N) is 2. The maximum atomic E-state index is 11.1. The molecule has 4 N–H and O–H groups in total. The number of nitro benzene ring substituents is 1. The number of hydrazine groups is 1. The fourth-order valence-corrected chi connectivity index (χ4v) is 1.89. The molecule has 0 heterocycles. The summed E-state index contributed by atoms with van der Waals surface area (Å²) in [5, 5.41) is 22.9. The van der Waals surface area contributed by atoms with Crippen LogP contribution in [0.25, 0.3) is 0 Å². The van der Waals surface area contributed by atoms with E-state index in [-0.39, 0.29) is 11.4 Å². The third kappa shape index (κ3) is 3.26. The Balaban J connectivity index is 2.19. The highest BCUT2D eigenvalue weighted by atomic mass is 16.6. The molecule has 2 aromatic rings. The van der Waals surface area contributed by atoms with Crippen LogP contribution in [0.5, 0.6) is 0 Å². The van der Waals surface area contributed by atoms with Gasteiger partial charge in [0, 0.05) is 6.54 Å². The van der Waals surface area contributed by atoms with Crippen LogP contribution in [0.15, 0.2) is 42.5 Å². The average Bonchev–Trinajstić information content (AvgIpc) is 2.52. The van der Waals surface area contributed by atoms with Crippen molar-refractivity contribution in [1.82, 2.24) is 0 Å². The first-order chi connectivity index (χ1) is 10.2. The largest absolute Gasteiger partial charge is 0.375 e. The van der Waals surface area contributed by atoms with Gasteiger partial charge in [-0.1, -0.05) is 18.2 Å². The van der Waals surface area contributed by atoms with E-state index >= 15 is 0 Å². The number of nitriles is 1. The summed E-state index contributed by atoms with van der Waals surface area (Å²) in [6, 6.07) is 13.8. The van der Waals surface area contributed by atoms with Gasteiger partial charge in [-0.15, -0.1) is 0 Å². The molecule has 7 heteroatoms. The van der Waals surface area contributed by atoms with E-state index in [9.17, 15) is 10.1 Å². The van der Waals surface area contributed by atoms with E-state index in [2.05, 4.69) is 10.7 Å². The first-order valence-electron chi connectivity index (χ1n) is 6.12. The number of rotatable bonds is 5. The Hall–Kier alpha value is -3.11. The molecule has 0 aliphatic rings.